The van der Waals surface area contributed by atoms with Crippen molar-refractivity contribution in [2.45, 2.75) is 39.2 Å². The molecule has 1 aromatic carbocycles. The fraction of sp³-hybridized carbons (Fsp3) is 0.474. The molecular formula is C19H25N3O2. The van der Waals surface area contributed by atoms with Crippen LogP contribution in [-0.2, 0) is 13.0 Å². The molecule has 3 rings (SSSR count). The van der Waals surface area contributed by atoms with Gasteiger partial charge in [-0.2, -0.15) is 0 Å². The second-order valence-electron chi connectivity index (χ2n) is 6.56. The Balaban J connectivity index is 1.94. The van der Waals surface area contributed by atoms with Gasteiger partial charge in [-0.3, -0.25) is 4.79 Å². The number of carbonyl (C=O) groups is 1. The monoisotopic (exact) mass is 327 g/mol. The second-order valence-corrected chi connectivity index (χ2v) is 6.56. The molecule has 1 atom stereocenters. The molecule has 0 radical (unpaired) electrons. The van der Waals surface area contributed by atoms with E-state index < -0.39 is 0 Å². The summed E-state index contributed by atoms with van der Waals surface area (Å²) >= 11 is 0. The van der Waals surface area contributed by atoms with Gasteiger partial charge in [-0.25, -0.2) is 4.98 Å². The van der Waals surface area contributed by atoms with Crippen LogP contribution in [0.5, 0.6) is 0 Å². The zero-order valence-corrected chi connectivity index (χ0v) is 14.2. The predicted octanol–water partition coefficient (Wildman–Crippen LogP) is 2.63. The van der Waals surface area contributed by atoms with Crippen molar-refractivity contribution in [1.82, 2.24) is 14.9 Å². The van der Waals surface area contributed by atoms with E-state index in [9.17, 15) is 4.79 Å². The highest BCUT2D eigenvalue weighted by molar-refractivity contribution is 5.94. The summed E-state index contributed by atoms with van der Waals surface area (Å²) in [5.74, 6) is 0.791. The number of nitrogens with zero attached hydrogens (tertiary/aromatic N) is 2. The average molecular weight is 327 g/mol. The van der Waals surface area contributed by atoms with E-state index in [0.29, 0.717) is 12.2 Å². The quantitative estimate of drug-likeness (QED) is 0.887. The Labute approximate surface area is 142 Å². The molecule has 2 aromatic rings. The van der Waals surface area contributed by atoms with Crippen molar-refractivity contribution in [3.05, 3.63) is 41.7 Å². The Morgan fingerprint density at radius 2 is 2.08 bits per heavy atom. The molecule has 0 saturated heterocycles. The Bertz CT molecular complexity index is 694. The van der Waals surface area contributed by atoms with Gasteiger partial charge >= 0.3 is 0 Å². The van der Waals surface area contributed by atoms with Crippen LogP contribution < -0.4 is 5.32 Å². The summed E-state index contributed by atoms with van der Waals surface area (Å²) in [5, 5.41) is 12.0. The summed E-state index contributed by atoms with van der Waals surface area (Å²) in [7, 11) is 0. The SMILES string of the molecule is CC(CO)CNC(=O)c1nc(-c2ccccc2)n2c1CCCCC2. The first-order valence-corrected chi connectivity index (χ1v) is 8.74. The zero-order valence-electron chi connectivity index (χ0n) is 14.2. The van der Waals surface area contributed by atoms with E-state index >= 15 is 0 Å². The Morgan fingerprint density at radius 1 is 1.29 bits per heavy atom. The van der Waals surface area contributed by atoms with E-state index in [1.165, 1.54) is 6.42 Å². The van der Waals surface area contributed by atoms with Crippen molar-refractivity contribution in [2.24, 2.45) is 5.92 Å². The largest absolute Gasteiger partial charge is 0.396 e. The number of rotatable bonds is 5. The lowest BCUT2D eigenvalue weighted by atomic mass is 10.1. The molecule has 2 N–H and O–H groups in total. The van der Waals surface area contributed by atoms with Crippen molar-refractivity contribution < 1.29 is 9.90 Å². The lowest BCUT2D eigenvalue weighted by Crippen LogP contribution is -2.30. The van der Waals surface area contributed by atoms with Crippen LogP contribution in [0.4, 0.5) is 0 Å². The highest BCUT2D eigenvalue weighted by atomic mass is 16.3. The molecule has 1 aliphatic rings. The van der Waals surface area contributed by atoms with Crippen molar-refractivity contribution in [3.8, 4) is 11.4 Å². The van der Waals surface area contributed by atoms with Gasteiger partial charge in [-0.1, -0.05) is 43.7 Å². The fourth-order valence-corrected chi connectivity index (χ4v) is 3.12. The van der Waals surface area contributed by atoms with E-state index in [2.05, 4.69) is 9.88 Å². The number of aliphatic hydroxyl groups excluding tert-OH is 1. The van der Waals surface area contributed by atoms with E-state index in [1.807, 2.05) is 37.3 Å². The number of hydrogen-bond donors (Lipinski definition) is 2. The predicted molar refractivity (Wildman–Crippen MR) is 93.8 cm³/mol. The molecule has 1 aliphatic heterocycles. The van der Waals surface area contributed by atoms with Gasteiger partial charge in [0.15, 0.2) is 0 Å². The molecule has 5 heteroatoms. The van der Waals surface area contributed by atoms with Gasteiger partial charge in [0.1, 0.15) is 11.5 Å². The minimum Gasteiger partial charge on any atom is -0.396 e. The molecule has 0 aliphatic carbocycles. The highest BCUT2D eigenvalue weighted by Crippen LogP contribution is 2.27. The molecule has 1 unspecified atom stereocenters. The maximum absolute atomic E-state index is 12.6. The van der Waals surface area contributed by atoms with Gasteiger partial charge in [0.05, 0.1) is 5.69 Å². The molecule has 128 valence electrons. The summed E-state index contributed by atoms with van der Waals surface area (Å²) in [6.45, 7) is 3.34. The first-order chi connectivity index (χ1) is 11.7. The van der Waals surface area contributed by atoms with Crippen LogP contribution in [-0.4, -0.2) is 33.7 Å². The Kier molecular flexibility index (Phi) is 5.30. The van der Waals surface area contributed by atoms with Crippen molar-refractivity contribution in [1.29, 1.82) is 0 Å². The fourth-order valence-electron chi connectivity index (χ4n) is 3.12. The van der Waals surface area contributed by atoms with Crippen LogP contribution in [0.1, 0.15) is 42.4 Å². The number of nitrogens with one attached hydrogen (secondary N) is 1. The maximum Gasteiger partial charge on any atom is 0.271 e. The summed E-state index contributed by atoms with van der Waals surface area (Å²) in [4.78, 5) is 17.3. The van der Waals surface area contributed by atoms with Crippen molar-refractivity contribution in [2.75, 3.05) is 13.2 Å². The number of benzene rings is 1. The van der Waals surface area contributed by atoms with E-state index in [-0.39, 0.29) is 18.4 Å². The summed E-state index contributed by atoms with van der Waals surface area (Å²) < 4.78 is 2.21. The van der Waals surface area contributed by atoms with Gasteiger partial charge in [0, 0.05) is 25.3 Å². The number of hydrogen-bond acceptors (Lipinski definition) is 3. The minimum atomic E-state index is -0.136. The molecule has 0 saturated carbocycles. The summed E-state index contributed by atoms with van der Waals surface area (Å²) in [6.07, 6.45) is 4.27. The number of imidazole rings is 1. The minimum absolute atomic E-state index is 0.0452. The first-order valence-electron chi connectivity index (χ1n) is 8.74. The van der Waals surface area contributed by atoms with Gasteiger partial charge < -0.3 is 15.0 Å². The second kappa shape index (κ2) is 7.62. The van der Waals surface area contributed by atoms with Crippen LogP contribution in [0, 0.1) is 5.92 Å². The average Bonchev–Trinajstić information content (AvgIpc) is 2.81. The lowest BCUT2D eigenvalue weighted by Gasteiger charge is -2.10. The summed E-state index contributed by atoms with van der Waals surface area (Å²) in [6, 6.07) is 10.1. The number of carbonyl (C=O) groups excluding carboxylic acids is 1. The molecule has 0 bridgehead atoms. The molecule has 0 spiro atoms. The van der Waals surface area contributed by atoms with Gasteiger partial charge in [-0.15, -0.1) is 0 Å². The molecule has 0 fully saturated rings. The van der Waals surface area contributed by atoms with Gasteiger partial charge in [-0.05, 0) is 25.2 Å². The smallest absolute Gasteiger partial charge is 0.271 e. The number of amides is 1. The van der Waals surface area contributed by atoms with Crippen molar-refractivity contribution in [3.63, 3.8) is 0 Å². The van der Waals surface area contributed by atoms with Crippen LogP contribution in [0.3, 0.4) is 0 Å². The van der Waals surface area contributed by atoms with Crippen LogP contribution >= 0.6 is 0 Å². The highest BCUT2D eigenvalue weighted by Gasteiger charge is 2.24. The van der Waals surface area contributed by atoms with Crippen LogP contribution in [0.2, 0.25) is 0 Å². The zero-order chi connectivity index (χ0) is 16.9. The Hall–Kier alpha value is -2.14. The standard InChI is InChI=1S/C19H25N3O2/c1-14(13-23)12-20-19(24)17-16-10-6-3-7-11-22(16)18(21-17)15-8-4-2-5-9-15/h2,4-5,8-9,14,23H,3,6-7,10-13H2,1H3,(H,20,24). The maximum atomic E-state index is 12.6. The molecule has 2 heterocycles. The van der Waals surface area contributed by atoms with Gasteiger partial charge in [0.2, 0.25) is 0 Å². The summed E-state index contributed by atoms with van der Waals surface area (Å²) in [5.41, 5.74) is 2.63. The molecule has 1 amide bonds. The normalized spacial score (nSPS) is 15.4. The number of aromatic nitrogens is 2. The molecule has 5 nitrogen and oxygen atoms in total. The molecular weight excluding hydrogens is 302 g/mol. The first kappa shape index (κ1) is 16.7. The van der Waals surface area contributed by atoms with E-state index in [0.717, 1.165) is 42.9 Å². The number of fused-ring (bicyclic) bond motifs is 1. The van der Waals surface area contributed by atoms with Crippen LogP contribution in [0.25, 0.3) is 11.4 Å². The third kappa shape index (κ3) is 3.51. The van der Waals surface area contributed by atoms with Gasteiger partial charge in [0.25, 0.3) is 5.91 Å². The van der Waals surface area contributed by atoms with Crippen LogP contribution in [0.15, 0.2) is 30.3 Å². The topological polar surface area (TPSA) is 67.2 Å². The third-order valence-electron chi connectivity index (χ3n) is 4.54. The molecule has 24 heavy (non-hydrogen) atoms. The number of aliphatic hydroxyl groups is 1. The van der Waals surface area contributed by atoms with Crippen molar-refractivity contribution >= 4 is 5.91 Å². The Morgan fingerprint density at radius 3 is 2.83 bits per heavy atom. The molecule has 1 aromatic heterocycles. The van der Waals surface area contributed by atoms with E-state index in [4.69, 9.17) is 10.1 Å². The lowest BCUT2D eigenvalue weighted by molar-refractivity contribution is 0.0936. The third-order valence-corrected chi connectivity index (χ3v) is 4.54. The van der Waals surface area contributed by atoms with E-state index in [1.54, 1.807) is 0 Å².